The molecule has 4 nitrogen and oxygen atoms in total. The first-order valence-corrected chi connectivity index (χ1v) is 6.91. The van der Waals surface area contributed by atoms with Gasteiger partial charge in [0, 0.05) is 30.5 Å². The van der Waals surface area contributed by atoms with Crippen molar-refractivity contribution in [1.82, 2.24) is 10.6 Å². The van der Waals surface area contributed by atoms with Crippen LogP contribution in [-0.2, 0) is 4.79 Å². The number of carbonyl (C=O) groups excluding carboxylic acids is 1. The molecule has 3 N–H and O–H groups in total. The molecule has 0 aromatic rings. The largest absolute Gasteiger partial charge is 0.396 e. The molecule has 0 radical (unpaired) electrons. The van der Waals surface area contributed by atoms with E-state index in [2.05, 4.69) is 31.4 Å². The van der Waals surface area contributed by atoms with Crippen molar-refractivity contribution in [2.45, 2.75) is 59.4 Å². The van der Waals surface area contributed by atoms with Gasteiger partial charge in [-0.05, 0) is 33.6 Å². The van der Waals surface area contributed by atoms with Crippen LogP contribution in [0.15, 0.2) is 0 Å². The monoisotopic (exact) mass is 258 g/mol. The van der Waals surface area contributed by atoms with Gasteiger partial charge in [0.2, 0.25) is 5.91 Å². The summed E-state index contributed by atoms with van der Waals surface area (Å²) in [5.74, 6) is 0.0477. The van der Waals surface area contributed by atoms with E-state index in [1.807, 2.05) is 13.8 Å². The van der Waals surface area contributed by atoms with Gasteiger partial charge in [0.15, 0.2) is 0 Å². The van der Waals surface area contributed by atoms with E-state index in [1.165, 1.54) is 0 Å². The first-order chi connectivity index (χ1) is 8.28. The van der Waals surface area contributed by atoms with Crippen molar-refractivity contribution in [3.05, 3.63) is 0 Å². The van der Waals surface area contributed by atoms with Crippen molar-refractivity contribution in [3.63, 3.8) is 0 Å². The van der Waals surface area contributed by atoms with Gasteiger partial charge in [0.25, 0.3) is 0 Å². The van der Waals surface area contributed by atoms with Gasteiger partial charge in [-0.3, -0.25) is 4.79 Å². The number of nitrogens with one attached hydrogen (secondary N) is 2. The number of aliphatic hydroxyl groups excluding tert-OH is 1. The van der Waals surface area contributed by atoms with Crippen LogP contribution in [0.3, 0.4) is 0 Å². The van der Waals surface area contributed by atoms with Crippen molar-refractivity contribution in [3.8, 4) is 0 Å². The molecule has 108 valence electrons. The van der Waals surface area contributed by atoms with Gasteiger partial charge in [-0.1, -0.05) is 13.8 Å². The lowest BCUT2D eigenvalue weighted by Gasteiger charge is -2.29. The average Bonchev–Trinajstić information content (AvgIpc) is 2.30. The Labute approximate surface area is 112 Å². The molecule has 0 aliphatic carbocycles. The van der Waals surface area contributed by atoms with Gasteiger partial charge < -0.3 is 15.7 Å². The second-order valence-electron chi connectivity index (χ2n) is 6.07. The Kier molecular flexibility index (Phi) is 7.48. The minimum absolute atomic E-state index is 0.0436. The number of hydrogen-bond donors (Lipinski definition) is 3. The third kappa shape index (κ3) is 6.97. The second-order valence-corrected chi connectivity index (χ2v) is 6.07. The number of rotatable bonds is 8. The van der Waals surface area contributed by atoms with Gasteiger partial charge >= 0.3 is 0 Å². The fourth-order valence-electron chi connectivity index (χ4n) is 1.71. The van der Waals surface area contributed by atoms with Crippen molar-refractivity contribution >= 4 is 5.91 Å². The summed E-state index contributed by atoms with van der Waals surface area (Å²) in [6.07, 6.45) is 2.23. The molecule has 0 fully saturated rings. The van der Waals surface area contributed by atoms with Crippen LogP contribution in [-0.4, -0.2) is 36.2 Å². The van der Waals surface area contributed by atoms with Crippen molar-refractivity contribution in [1.29, 1.82) is 0 Å². The smallest absolute Gasteiger partial charge is 0.221 e. The average molecular weight is 258 g/mol. The summed E-state index contributed by atoms with van der Waals surface area (Å²) in [7, 11) is 0. The van der Waals surface area contributed by atoms with E-state index < -0.39 is 0 Å². The number of hydrogen-bond acceptors (Lipinski definition) is 3. The van der Waals surface area contributed by atoms with Crippen molar-refractivity contribution < 1.29 is 9.90 Å². The van der Waals surface area contributed by atoms with Crippen molar-refractivity contribution in [2.75, 3.05) is 19.7 Å². The highest BCUT2D eigenvalue weighted by atomic mass is 16.3. The van der Waals surface area contributed by atoms with Gasteiger partial charge in [-0.2, -0.15) is 0 Å². The van der Waals surface area contributed by atoms with E-state index in [4.69, 9.17) is 0 Å². The predicted octanol–water partition coefficient (Wildman–Crippen LogP) is 1.68. The molecule has 0 saturated carbocycles. The third-order valence-corrected chi connectivity index (χ3v) is 3.50. The van der Waals surface area contributed by atoms with Gasteiger partial charge in [-0.15, -0.1) is 0 Å². The Morgan fingerprint density at radius 3 is 2.11 bits per heavy atom. The Morgan fingerprint density at radius 1 is 1.17 bits per heavy atom. The molecule has 0 rings (SSSR count). The lowest BCUT2D eigenvalue weighted by molar-refractivity contribution is -0.121. The Bertz CT molecular complexity index is 234. The molecule has 0 aliphatic heterocycles. The molecule has 0 aliphatic rings. The SMILES string of the molecule is CCC(CC)(CO)CNC(=O)CCNC(C)(C)C. The molecule has 0 heterocycles. The standard InChI is InChI=1S/C14H30N2O2/c1-6-14(7-2,11-17)10-15-12(18)8-9-16-13(3,4)5/h16-17H,6-11H2,1-5H3,(H,15,18). The van der Waals surface area contributed by atoms with Crippen molar-refractivity contribution in [2.24, 2.45) is 5.41 Å². The number of carbonyl (C=O) groups is 1. The maximum atomic E-state index is 11.7. The van der Waals surface area contributed by atoms with Crippen LogP contribution >= 0.6 is 0 Å². The van der Waals surface area contributed by atoms with Gasteiger partial charge in [0.05, 0.1) is 6.61 Å². The highest BCUT2D eigenvalue weighted by Gasteiger charge is 2.25. The molecule has 0 atom stereocenters. The van der Waals surface area contributed by atoms with E-state index in [0.717, 1.165) is 12.8 Å². The minimum atomic E-state index is -0.160. The molecule has 18 heavy (non-hydrogen) atoms. The topological polar surface area (TPSA) is 61.4 Å². The molecule has 0 saturated heterocycles. The first-order valence-electron chi connectivity index (χ1n) is 6.91. The van der Waals surface area contributed by atoms with E-state index >= 15 is 0 Å². The fraction of sp³-hybridized carbons (Fsp3) is 0.929. The summed E-state index contributed by atoms with van der Waals surface area (Å²) < 4.78 is 0. The van der Waals surface area contributed by atoms with Crippen LogP contribution in [0.2, 0.25) is 0 Å². The Hall–Kier alpha value is -0.610. The van der Waals surface area contributed by atoms with Crippen LogP contribution in [0.5, 0.6) is 0 Å². The fourth-order valence-corrected chi connectivity index (χ4v) is 1.71. The van der Waals surface area contributed by atoms with E-state index in [1.54, 1.807) is 0 Å². The highest BCUT2D eigenvalue weighted by Crippen LogP contribution is 2.24. The van der Waals surface area contributed by atoms with Gasteiger partial charge in [-0.25, -0.2) is 0 Å². The van der Waals surface area contributed by atoms with Crippen LogP contribution in [0.25, 0.3) is 0 Å². The quantitative estimate of drug-likeness (QED) is 0.621. The molecule has 0 spiro atoms. The van der Waals surface area contributed by atoms with Crippen LogP contribution in [0, 0.1) is 5.41 Å². The molecular weight excluding hydrogens is 228 g/mol. The summed E-state index contributed by atoms with van der Waals surface area (Å²) in [5, 5.41) is 15.6. The summed E-state index contributed by atoms with van der Waals surface area (Å²) in [5.41, 5.74) is -0.116. The summed E-state index contributed by atoms with van der Waals surface area (Å²) in [6.45, 7) is 11.7. The zero-order chi connectivity index (χ0) is 14.2. The zero-order valence-corrected chi connectivity index (χ0v) is 12.6. The zero-order valence-electron chi connectivity index (χ0n) is 12.6. The summed E-state index contributed by atoms with van der Waals surface area (Å²) in [4.78, 5) is 11.7. The lowest BCUT2D eigenvalue weighted by Crippen LogP contribution is -2.42. The molecule has 0 bridgehead atoms. The first kappa shape index (κ1) is 17.4. The Balaban J connectivity index is 3.96. The predicted molar refractivity (Wildman–Crippen MR) is 75.5 cm³/mol. The highest BCUT2D eigenvalue weighted by molar-refractivity contribution is 5.76. The second kappa shape index (κ2) is 7.74. The summed E-state index contributed by atoms with van der Waals surface area (Å²) in [6, 6.07) is 0. The van der Waals surface area contributed by atoms with E-state index in [0.29, 0.717) is 19.5 Å². The number of amides is 1. The minimum Gasteiger partial charge on any atom is -0.396 e. The summed E-state index contributed by atoms with van der Waals surface area (Å²) >= 11 is 0. The molecule has 0 aromatic heterocycles. The van der Waals surface area contributed by atoms with E-state index in [9.17, 15) is 9.90 Å². The van der Waals surface area contributed by atoms with Crippen LogP contribution in [0.1, 0.15) is 53.9 Å². The van der Waals surface area contributed by atoms with E-state index in [-0.39, 0.29) is 23.5 Å². The Morgan fingerprint density at radius 2 is 1.72 bits per heavy atom. The maximum absolute atomic E-state index is 11.7. The van der Waals surface area contributed by atoms with Crippen LogP contribution < -0.4 is 10.6 Å². The normalized spacial score (nSPS) is 12.6. The maximum Gasteiger partial charge on any atom is 0.221 e. The molecule has 4 heteroatoms. The van der Waals surface area contributed by atoms with Crippen LogP contribution in [0.4, 0.5) is 0 Å². The molecule has 1 amide bonds. The van der Waals surface area contributed by atoms with Gasteiger partial charge in [0.1, 0.15) is 0 Å². The molecule has 0 unspecified atom stereocenters. The molecule has 0 aromatic carbocycles. The number of aliphatic hydroxyl groups is 1. The molecular formula is C14H30N2O2. The lowest BCUT2D eigenvalue weighted by atomic mass is 9.83. The third-order valence-electron chi connectivity index (χ3n) is 3.50.